The average molecular weight is 613 g/mol. The molecule has 1 saturated heterocycles. The second kappa shape index (κ2) is 19.8. The van der Waals surface area contributed by atoms with Gasteiger partial charge in [0.1, 0.15) is 24.2 Å². The Balaban J connectivity index is 2.71. The van der Waals surface area contributed by atoms with Crippen LogP contribution in [0.2, 0.25) is 0 Å². The van der Waals surface area contributed by atoms with Gasteiger partial charge >= 0.3 is 5.97 Å². The molecule has 0 aromatic carbocycles. The van der Waals surface area contributed by atoms with Crippen LogP contribution >= 0.6 is 0 Å². The summed E-state index contributed by atoms with van der Waals surface area (Å²) in [5, 5.41) is 19.6. The van der Waals surface area contributed by atoms with Crippen molar-refractivity contribution in [1.82, 2.24) is 26.2 Å². The highest BCUT2D eigenvalue weighted by Crippen LogP contribution is 2.18. The van der Waals surface area contributed by atoms with Crippen molar-refractivity contribution in [2.75, 3.05) is 26.2 Å². The van der Waals surface area contributed by atoms with Crippen LogP contribution in [0.25, 0.3) is 0 Å². The third-order valence-electron chi connectivity index (χ3n) is 7.25. The summed E-state index contributed by atoms with van der Waals surface area (Å²) in [6.07, 6.45) is 4.47. The summed E-state index contributed by atoms with van der Waals surface area (Å²) in [4.78, 5) is 76.9. The molecule has 1 fully saturated rings. The minimum Gasteiger partial charge on any atom is -0.480 e. The second-order valence-corrected chi connectivity index (χ2v) is 11.5. The lowest BCUT2D eigenvalue weighted by Crippen LogP contribution is -2.56. The molecule has 0 bridgehead atoms. The van der Waals surface area contributed by atoms with E-state index >= 15 is 0 Å². The predicted octanol–water partition coefficient (Wildman–Crippen LogP) is -1.72. The zero-order valence-corrected chi connectivity index (χ0v) is 25.7. The molecule has 1 aliphatic heterocycles. The van der Waals surface area contributed by atoms with Crippen molar-refractivity contribution in [3.05, 3.63) is 0 Å². The molecule has 0 radical (unpaired) electrons. The van der Waals surface area contributed by atoms with Crippen molar-refractivity contribution in [3.8, 4) is 0 Å². The number of hydrogen-bond acceptors (Lipinski definition) is 9. The van der Waals surface area contributed by atoms with E-state index in [1.54, 1.807) is 0 Å². The third-order valence-corrected chi connectivity index (χ3v) is 7.25. The number of amides is 5. The number of rotatable bonds is 20. The fourth-order valence-corrected chi connectivity index (χ4v) is 4.77. The number of aliphatic carboxylic acids is 1. The Labute approximate surface area is 253 Å². The molecule has 15 heteroatoms. The molecule has 0 aromatic heterocycles. The van der Waals surface area contributed by atoms with Gasteiger partial charge in [-0.3, -0.25) is 24.0 Å². The topological polar surface area (TPSA) is 252 Å². The van der Waals surface area contributed by atoms with Gasteiger partial charge in [-0.05, 0) is 77.3 Å². The lowest BCUT2D eigenvalue weighted by Gasteiger charge is -2.26. The van der Waals surface area contributed by atoms with Gasteiger partial charge in [-0.1, -0.05) is 20.3 Å². The zero-order chi connectivity index (χ0) is 32.5. The van der Waals surface area contributed by atoms with Crippen LogP contribution in [0.4, 0.5) is 0 Å². The number of hydrogen-bond donors (Lipinski definition) is 8. The van der Waals surface area contributed by atoms with Gasteiger partial charge in [0.15, 0.2) is 0 Å². The molecule has 15 nitrogen and oxygen atoms in total. The number of carbonyl (C=O) groups excluding carboxylic acids is 5. The monoisotopic (exact) mass is 612 g/mol. The van der Waals surface area contributed by atoms with Crippen LogP contribution in [0.15, 0.2) is 0 Å². The number of carbonyl (C=O) groups is 6. The minimum absolute atomic E-state index is 0.0720. The summed E-state index contributed by atoms with van der Waals surface area (Å²) in [5.74, 6) is -3.79. The van der Waals surface area contributed by atoms with E-state index in [2.05, 4.69) is 21.3 Å². The van der Waals surface area contributed by atoms with Crippen LogP contribution in [-0.4, -0.2) is 102 Å². The summed E-state index contributed by atoms with van der Waals surface area (Å²) in [6.45, 7) is 6.05. The zero-order valence-electron chi connectivity index (χ0n) is 25.7. The van der Waals surface area contributed by atoms with E-state index in [0.29, 0.717) is 64.6 Å². The quantitative estimate of drug-likeness (QED) is 0.0722. The van der Waals surface area contributed by atoms with E-state index in [1.807, 2.05) is 13.8 Å². The summed E-state index contributed by atoms with van der Waals surface area (Å²) >= 11 is 0. The number of carboxylic acids is 1. The van der Waals surface area contributed by atoms with Gasteiger partial charge in [0.05, 0.1) is 12.6 Å². The standard InChI is InChI=1S/C28H52N8O7/c1-17(2)15-21(35-25(39)19(31)9-4-6-12-29)26(40)32-16-23(37)36-14-8-11-22(36)27(41)33-18(3)24(38)34-20(28(42)43)10-5-7-13-30/h17-22H,4-16,29-31H2,1-3H3,(H,32,40)(H,33,41)(H,34,38)(H,35,39)(H,42,43)/t18-,19-,20-,21-,22-/m0/s1. The van der Waals surface area contributed by atoms with Crippen LogP contribution in [0, 0.1) is 5.92 Å². The van der Waals surface area contributed by atoms with Crippen molar-refractivity contribution in [2.45, 2.75) is 109 Å². The molecule has 5 atom stereocenters. The molecular weight excluding hydrogens is 560 g/mol. The minimum atomic E-state index is -1.18. The smallest absolute Gasteiger partial charge is 0.326 e. The van der Waals surface area contributed by atoms with Gasteiger partial charge in [0, 0.05) is 6.54 Å². The molecule has 1 rings (SSSR count). The number of carboxylic acid groups (broad SMARTS) is 1. The summed E-state index contributed by atoms with van der Waals surface area (Å²) in [7, 11) is 0. The van der Waals surface area contributed by atoms with E-state index in [9.17, 15) is 33.9 Å². The molecule has 11 N–H and O–H groups in total. The first-order chi connectivity index (χ1) is 20.3. The van der Waals surface area contributed by atoms with E-state index in [0.717, 1.165) is 6.42 Å². The van der Waals surface area contributed by atoms with Crippen molar-refractivity contribution >= 4 is 35.5 Å². The first kappa shape index (κ1) is 37.7. The van der Waals surface area contributed by atoms with Gasteiger partial charge in [-0.25, -0.2) is 4.79 Å². The fraction of sp³-hybridized carbons (Fsp3) is 0.786. The summed E-state index contributed by atoms with van der Waals surface area (Å²) in [6, 6.07) is -4.67. The van der Waals surface area contributed by atoms with Crippen LogP contribution in [0.1, 0.15) is 78.6 Å². The molecule has 1 heterocycles. The van der Waals surface area contributed by atoms with E-state index < -0.39 is 65.7 Å². The van der Waals surface area contributed by atoms with Gasteiger partial charge < -0.3 is 48.5 Å². The maximum absolute atomic E-state index is 13.0. The Bertz CT molecular complexity index is 948. The van der Waals surface area contributed by atoms with Crippen LogP contribution in [-0.2, 0) is 28.8 Å². The maximum Gasteiger partial charge on any atom is 0.326 e. The van der Waals surface area contributed by atoms with Gasteiger partial charge in [-0.15, -0.1) is 0 Å². The second-order valence-electron chi connectivity index (χ2n) is 11.5. The lowest BCUT2D eigenvalue weighted by atomic mass is 10.0. The van der Waals surface area contributed by atoms with Crippen LogP contribution in [0.3, 0.4) is 0 Å². The Hall–Kier alpha value is -3.30. The van der Waals surface area contributed by atoms with Crippen molar-refractivity contribution in [3.63, 3.8) is 0 Å². The third kappa shape index (κ3) is 13.7. The fourth-order valence-electron chi connectivity index (χ4n) is 4.77. The number of nitrogens with one attached hydrogen (secondary N) is 4. The summed E-state index contributed by atoms with van der Waals surface area (Å²) in [5.41, 5.74) is 16.9. The molecule has 5 amide bonds. The van der Waals surface area contributed by atoms with E-state index in [4.69, 9.17) is 17.2 Å². The molecule has 246 valence electrons. The molecule has 0 aliphatic carbocycles. The van der Waals surface area contributed by atoms with Crippen molar-refractivity contribution < 1.29 is 33.9 Å². The highest BCUT2D eigenvalue weighted by molar-refractivity contribution is 5.95. The van der Waals surface area contributed by atoms with E-state index in [-0.39, 0.29) is 18.9 Å². The number of likely N-dealkylation sites (tertiary alicyclic amines) is 1. The number of unbranched alkanes of at least 4 members (excludes halogenated alkanes) is 2. The van der Waals surface area contributed by atoms with Gasteiger partial charge in [-0.2, -0.15) is 0 Å². The molecule has 0 aromatic rings. The van der Waals surface area contributed by atoms with Gasteiger partial charge in [0.2, 0.25) is 29.5 Å². The normalized spacial score (nSPS) is 17.5. The Kier molecular flexibility index (Phi) is 17.4. The molecule has 0 spiro atoms. The maximum atomic E-state index is 13.0. The number of nitrogens with zero attached hydrogens (tertiary/aromatic N) is 1. The highest BCUT2D eigenvalue weighted by atomic mass is 16.4. The van der Waals surface area contributed by atoms with Gasteiger partial charge in [0.25, 0.3) is 0 Å². The van der Waals surface area contributed by atoms with E-state index in [1.165, 1.54) is 11.8 Å². The Morgan fingerprint density at radius 1 is 0.837 bits per heavy atom. The summed E-state index contributed by atoms with van der Waals surface area (Å²) < 4.78 is 0. The highest BCUT2D eigenvalue weighted by Gasteiger charge is 2.36. The molecule has 0 unspecified atom stereocenters. The Morgan fingerprint density at radius 2 is 1.44 bits per heavy atom. The lowest BCUT2D eigenvalue weighted by molar-refractivity contribution is -0.143. The first-order valence-electron chi connectivity index (χ1n) is 15.2. The van der Waals surface area contributed by atoms with Crippen LogP contribution < -0.4 is 38.5 Å². The largest absolute Gasteiger partial charge is 0.480 e. The molecule has 1 aliphatic rings. The molecule has 0 saturated carbocycles. The number of nitrogens with two attached hydrogens (primary N) is 3. The first-order valence-corrected chi connectivity index (χ1v) is 15.2. The SMILES string of the molecule is CC(C)C[C@H](NC(=O)[C@@H](N)CCCCN)C(=O)NCC(=O)N1CCC[C@H]1C(=O)N[C@@H](C)C(=O)N[C@@H](CCCCN)C(=O)O. The average Bonchev–Trinajstić information content (AvgIpc) is 3.45. The van der Waals surface area contributed by atoms with Crippen molar-refractivity contribution in [1.29, 1.82) is 0 Å². The van der Waals surface area contributed by atoms with Crippen LogP contribution in [0.5, 0.6) is 0 Å². The molecular formula is C28H52N8O7. The Morgan fingerprint density at radius 3 is 2.02 bits per heavy atom. The molecule has 43 heavy (non-hydrogen) atoms. The predicted molar refractivity (Wildman–Crippen MR) is 160 cm³/mol. The van der Waals surface area contributed by atoms with Crippen molar-refractivity contribution in [2.24, 2.45) is 23.1 Å².